The van der Waals surface area contributed by atoms with Crippen LogP contribution in [0.1, 0.15) is 52.7 Å². The molecule has 6 nitrogen and oxygen atoms in total. The first kappa shape index (κ1) is 22.5. The van der Waals surface area contributed by atoms with E-state index < -0.39 is 5.92 Å². The third kappa shape index (κ3) is 4.87. The Labute approximate surface area is 190 Å². The fourth-order valence-electron chi connectivity index (χ4n) is 4.96. The fraction of sp³-hybridized carbons (Fsp3) is 0.462. The quantitative estimate of drug-likeness (QED) is 0.692. The lowest BCUT2D eigenvalue weighted by Crippen LogP contribution is -2.49. The van der Waals surface area contributed by atoms with Crippen LogP contribution in [0.25, 0.3) is 0 Å². The molecule has 2 aromatic rings. The zero-order valence-corrected chi connectivity index (χ0v) is 18.8. The first-order chi connectivity index (χ1) is 15.7. The number of hydrogen-bond acceptors (Lipinski definition) is 4. The highest BCUT2D eigenvalue weighted by Gasteiger charge is 2.43. The van der Waals surface area contributed by atoms with Gasteiger partial charge in [0.25, 0.3) is 5.91 Å². The van der Waals surface area contributed by atoms with Gasteiger partial charge in [-0.15, -0.1) is 0 Å². The number of nitrogens with one attached hydrogen (secondary N) is 1. The fourth-order valence-corrected chi connectivity index (χ4v) is 4.96. The van der Waals surface area contributed by atoms with Gasteiger partial charge in [0.15, 0.2) is 0 Å². The molecule has 4 rings (SSSR count). The van der Waals surface area contributed by atoms with Crippen LogP contribution in [0.15, 0.2) is 54.6 Å². The van der Waals surface area contributed by atoms with Gasteiger partial charge in [-0.3, -0.25) is 9.59 Å². The van der Waals surface area contributed by atoms with Crippen LogP contribution < -0.4 is 5.32 Å². The van der Waals surface area contributed by atoms with E-state index in [9.17, 15) is 9.59 Å². The second kappa shape index (κ2) is 10.7. The van der Waals surface area contributed by atoms with Crippen LogP contribution in [0.5, 0.6) is 0 Å². The molecule has 0 spiro atoms. The topological polar surface area (TPSA) is 61.9 Å². The van der Waals surface area contributed by atoms with Crippen LogP contribution in [-0.2, 0) is 9.53 Å². The predicted octanol–water partition coefficient (Wildman–Crippen LogP) is 3.22. The zero-order chi connectivity index (χ0) is 22.3. The van der Waals surface area contributed by atoms with Crippen LogP contribution in [0.2, 0.25) is 0 Å². The van der Waals surface area contributed by atoms with Crippen molar-refractivity contribution in [3.8, 4) is 0 Å². The molecule has 1 fully saturated rings. The molecule has 2 atom stereocenters. The van der Waals surface area contributed by atoms with Gasteiger partial charge in [0.05, 0.1) is 18.6 Å². The van der Waals surface area contributed by atoms with E-state index in [0.717, 1.165) is 30.8 Å². The maximum absolute atomic E-state index is 13.6. The summed E-state index contributed by atoms with van der Waals surface area (Å²) in [5, 5.41) is 3.18. The second-order valence-corrected chi connectivity index (χ2v) is 8.61. The van der Waals surface area contributed by atoms with Gasteiger partial charge in [-0.1, -0.05) is 55.0 Å². The van der Waals surface area contributed by atoms with Gasteiger partial charge in [0.2, 0.25) is 5.91 Å². The SMILES string of the molecule is COCCN1C(=O)c2ccccc2C(C(=O)NCCN2CCCCC2)C1c1ccccc1. The summed E-state index contributed by atoms with van der Waals surface area (Å²) in [5.41, 5.74) is 2.37. The third-order valence-electron chi connectivity index (χ3n) is 6.57. The molecule has 2 aromatic carbocycles. The van der Waals surface area contributed by atoms with E-state index >= 15 is 0 Å². The molecule has 1 saturated heterocycles. The molecular weight excluding hydrogens is 402 g/mol. The monoisotopic (exact) mass is 435 g/mol. The highest BCUT2D eigenvalue weighted by Crippen LogP contribution is 2.42. The molecule has 0 aromatic heterocycles. The van der Waals surface area contributed by atoms with E-state index in [1.807, 2.05) is 54.6 Å². The summed E-state index contributed by atoms with van der Waals surface area (Å²) in [7, 11) is 1.63. The standard InChI is InChI=1S/C26H33N3O3/c1-32-19-18-29-24(20-10-4-2-5-11-20)23(21-12-6-7-13-22(21)26(29)31)25(30)27-14-17-28-15-8-3-9-16-28/h2,4-7,10-13,23-24H,3,8-9,14-19H2,1H3,(H,27,30). The molecule has 0 aliphatic carbocycles. The lowest BCUT2D eigenvalue weighted by Gasteiger charge is -2.42. The van der Waals surface area contributed by atoms with E-state index in [4.69, 9.17) is 4.74 Å². The summed E-state index contributed by atoms with van der Waals surface area (Å²) >= 11 is 0. The molecule has 170 valence electrons. The average molecular weight is 436 g/mol. The van der Waals surface area contributed by atoms with E-state index in [1.54, 1.807) is 12.0 Å². The molecule has 32 heavy (non-hydrogen) atoms. The Bertz CT molecular complexity index is 912. The van der Waals surface area contributed by atoms with Gasteiger partial charge >= 0.3 is 0 Å². The average Bonchev–Trinajstić information content (AvgIpc) is 2.84. The Balaban J connectivity index is 1.63. The van der Waals surface area contributed by atoms with Crippen LogP contribution in [-0.4, -0.2) is 68.1 Å². The van der Waals surface area contributed by atoms with Gasteiger partial charge in [-0.2, -0.15) is 0 Å². The minimum atomic E-state index is -0.468. The lowest BCUT2D eigenvalue weighted by molar-refractivity contribution is -0.124. The number of rotatable bonds is 8. The largest absolute Gasteiger partial charge is 0.383 e. The van der Waals surface area contributed by atoms with E-state index in [0.29, 0.717) is 25.3 Å². The van der Waals surface area contributed by atoms with Crippen LogP contribution in [0.3, 0.4) is 0 Å². The van der Waals surface area contributed by atoms with Crippen molar-refractivity contribution in [3.05, 3.63) is 71.3 Å². The lowest BCUT2D eigenvalue weighted by atomic mass is 9.79. The summed E-state index contributed by atoms with van der Waals surface area (Å²) < 4.78 is 5.29. The molecule has 0 bridgehead atoms. The maximum Gasteiger partial charge on any atom is 0.254 e. The summed E-state index contributed by atoms with van der Waals surface area (Å²) in [4.78, 5) is 31.3. The number of amides is 2. The Morgan fingerprint density at radius 3 is 2.47 bits per heavy atom. The number of hydrogen-bond donors (Lipinski definition) is 1. The molecule has 6 heteroatoms. The molecule has 2 aliphatic heterocycles. The Morgan fingerprint density at radius 2 is 1.72 bits per heavy atom. The van der Waals surface area contributed by atoms with Crippen molar-refractivity contribution < 1.29 is 14.3 Å². The molecule has 0 radical (unpaired) electrons. The van der Waals surface area contributed by atoms with Gasteiger partial charge in [-0.25, -0.2) is 0 Å². The van der Waals surface area contributed by atoms with Crippen molar-refractivity contribution in [1.82, 2.24) is 15.1 Å². The highest BCUT2D eigenvalue weighted by atomic mass is 16.5. The van der Waals surface area contributed by atoms with E-state index in [2.05, 4.69) is 10.2 Å². The first-order valence-electron chi connectivity index (χ1n) is 11.6. The van der Waals surface area contributed by atoms with Crippen molar-refractivity contribution in [1.29, 1.82) is 0 Å². The minimum Gasteiger partial charge on any atom is -0.383 e. The second-order valence-electron chi connectivity index (χ2n) is 8.61. The summed E-state index contributed by atoms with van der Waals surface area (Å²) in [6, 6.07) is 17.0. The number of piperidine rings is 1. The van der Waals surface area contributed by atoms with E-state index in [1.165, 1.54) is 19.3 Å². The Hall–Kier alpha value is -2.70. The molecule has 1 N–H and O–H groups in total. The summed E-state index contributed by atoms with van der Waals surface area (Å²) in [5.74, 6) is -0.549. The van der Waals surface area contributed by atoms with Gasteiger partial charge in [0.1, 0.15) is 0 Å². The number of nitrogens with zero attached hydrogens (tertiary/aromatic N) is 2. The van der Waals surface area contributed by atoms with Crippen molar-refractivity contribution >= 4 is 11.8 Å². The van der Waals surface area contributed by atoms with Crippen molar-refractivity contribution in [3.63, 3.8) is 0 Å². The normalized spacial score (nSPS) is 21.3. The van der Waals surface area contributed by atoms with Crippen LogP contribution >= 0.6 is 0 Å². The molecule has 2 heterocycles. The minimum absolute atomic E-state index is 0.0294. The molecule has 2 amide bonds. The summed E-state index contributed by atoms with van der Waals surface area (Å²) in [6.45, 7) is 4.54. The van der Waals surface area contributed by atoms with Crippen LogP contribution in [0, 0.1) is 0 Å². The molecule has 2 aliphatic rings. The number of likely N-dealkylation sites (tertiary alicyclic amines) is 1. The van der Waals surface area contributed by atoms with Gasteiger partial charge in [0, 0.05) is 32.3 Å². The highest BCUT2D eigenvalue weighted by molar-refractivity contribution is 6.01. The van der Waals surface area contributed by atoms with Gasteiger partial charge < -0.3 is 19.9 Å². The molecule has 0 saturated carbocycles. The number of fused-ring (bicyclic) bond motifs is 1. The number of methoxy groups -OCH3 is 1. The smallest absolute Gasteiger partial charge is 0.254 e. The van der Waals surface area contributed by atoms with Crippen LogP contribution in [0.4, 0.5) is 0 Å². The number of carbonyl (C=O) groups excluding carboxylic acids is 2. The van der Waals surface area contributed by atoms with Gasteiger partial charge in [-0.05, 0) is 43.1 Å². The Kier molecular flexibility index (Phi) is 7.55. The maximum atomic E-state index is 13.6. The van der Waals surface area contributed by atoms with Crippen molar-refractivity contribution in [2.24, 2.45) is 0 Å². The molecule has 2 unspecified atom stereocenters. The Morgan fingerprint density at radius 1 is 1.00 bits per heavy atom. The number of carbonyl (C=O) groups is 2. The van der Waals surface area contributed by atoms with Crippen molar-refractivity contribution in [2.75, 3.05) is 46.4 Å². The number of benzene rings is 2. The molecular formula is C26H33N3O3. The van der Waals surface area contributed by atoms with E-state index in [-0.39, 0.29) is 17.9 Å². The zero-order valence-electron chi connectivity index (χ0n) is 18.8. The predicted molar refractivity (Wildman–Crippen MR) is 125 cm³/mol. The summed E-state index contributed by atoms with van der Waals surface area (Å²) in [6.07, 6.45) is 3.76. The third-order valence-corrected chi connectivity index (χ3v) is 6.57. The first-order valence-corrected chi connectivity index (χ1v) is 11.6. The number of ether oxygens (including phenoxy) is 1. The van der Waals surface area contributed by atoms with Crippen molar-refractivity contribution in [2.45, 2.75) is 31.2 Å².